The van der Waals surface area contributed by atoms with E-state index in [1.165, 1.54) is 43.2 Å². The second-order valence-electron chi connectivity index (χ2n) is 7.09. The highest BCUT2D eigenvalue weighted by Crippen LogP contribution is 2.33. The number of benzene rings is 1. The van der Waals surface area contributed by atoms with Crippen LogP contribution in [0, 0.1) is 5.41 Å². The van der Waals surface area contributed by atoms with Crippen LogP contribution in [0.2, 0.25) is 0 Å². The zero-order chi connectivity index (χ0) is 16.2. The molecule has 1 atom stereocenters. The number of hydrogen-bond donors (Lipinski definition) is 2. The lowest BCUT2D eigenvalue weighted by atomic mass is 9.83. The topological polar surface area (TPSA) is 56.4 Å². The summed E-state index contributed by atoms with van der Waals surface area (Å²) < 4.78 is 0. The first-order valence-electron chi connectivity index (χ1n) is 9.08. The molecule has 1 aromatic rings. The zero-order valence-electron chi connectivity index (χ0n) is 14.3. The van der Waals surface area contributed by atoms with E-state index in [-0.39, 0.29) is 5.96 Å². The summed E-state index contributed by atoms with van der Waals surface area (Å²) in [5, 5.41) is 7.53. The molecule has 0 aromatic heterocycles. The molecule has 1 saturated heterocycles. The Balaban J connectivity index is 1.59. The number of rotatable bonds is 3. The van der Waals surface area contributed by atoms with Crippen molar-refractivity contribution in [2.24, 2.45) is 5.73 Å². The van der Waals surface area contributed by atoms with Gasteiger partial charge in [0.05, 0.1) is 0 Å². The quantitative estimate of drug-likeness (QED) is 0.665. The molecule has 0 amide bonds. The Hall–Kier alpha value is -1.55. The molecule has 1 aromatic carbocycles. The van der Waals surface area contributed by atoms with Crippen LogP contribution in [0.1, 0.15) is 62.1 Å². The minimum Gasteiger partial charge on any atom is -0.370 e. The average Bonchev–Trinajstić information content (AvgIpc) is 2.62. The molecule has 2 aliphatic rings. The summed E-state index contributed by atoms with van der Waals surface area (Å²) in [6.45, 7) is 5.97. The number of piperazine rings is 1. The van der Waals surface area contributed by atoms with Crippen LogP contribution in [0.3, 0.4) is 0 Å². The monoisotopic (exact) mass is 314 g/mol. The van der Waals surface area contributed by atoms with Gasteiger partial charge < -0.3 is 10.6 Å². The average molecular weight is 314 g/mol. The van der Waals surface area contributed by atoms with Gasteiger partial charge in [-0.3, -0.25) is 10.3 Å². The normalized spacial score (nSPS) is 22.0. The molecule has 23 heavy (non-hydrogen) atoms. The van der Waals surface area contributed by atoms with Crippen molar-refractivity contribution >= 4 is 5.96 Å². The Morgan fingerprint density at radius 2 is 1.65 bits per heavy atom. The van der Waals surface area contributed by atoms with E-state index < -0.39 is 0 Å². The summed E-state index contributed by atoms with van der Waals surface area (Å²) in [5.74, 6) is 0.987. The second kappa shape index (κ2) is 7.35. The van der Waals surface area contributed by atoms with Crippen molar-refractivity contribution in [3.63, 3.8) is 0 Å². The maximum atomic E-state index is 7.53. The van der Waals surface area contributed by atoms with Crippen molar-refractivity contribution in [1.29, 1.82) is 5.41 Å². The lowest BCUT2D eigenvalue weighted by molar-refractivity contribution is 0.139. The van der Waals surface area contributed by atoms with Gasteiger partial charge >= 0.3 is 0 Å². The van der Waals surface area contributed by atoms with Gasteiger partial charge in [-0.1, -0.05) is 43.5 Å². The standard InChI is InChI=1S/C19H30N4/c1-15(22-11-13-23(14-12-22)19(20)21)16-7-9-18(10-8-16)17-5-3-2-4-6-17/h7-10,15,17H,2-6,11-14H2,1H3,(H3,20,21). The first kappa shape index (κ1) is 16.3. The smallest absolute Gasteiger partial charge is 0.188 e. The van der Waals surface area contributed by atoms with E-state index in [0.29, 0.717) is 6.04 Å². The molecule has 1 unspecified atom stereocenters. The SMILES string of the molecule is CC(c1ccc(C2CCCCC2)cc1)N1CCN(C(=N)N)CC1. The lowest BCUT2D eigenvalue weighted by Gasteiger charge is -2.38. The third kappa shape index (κ3) is 3.86. The Morgan fingerprint density at radius 1 is 1.04 bits per heavy atom. The summed E-state index contributed by atoms with van der Waals surface area (Å²) in [4.78, 5) is 4.45. The van der Waals surface area contributed by atoms with E-state index in [2.05, 4.69) is 36.1 Å². The number of nitrogens with zero attached hydrogens (tertiary/aromatic N) is 2. The molecule has 1 saturated carbocycles. The van der Waals surface area contributed by atoms with Crippen molar-refractivity contribution < 1.29 is 0 Å². The maximum absolute atomic E-state index is 7.53. The molecule has 2 fully saturated rings. The summed E-state index contributed by atoms with van der Waals surface area (Å²) in [6.07, 6.45) is 6.92. The zero-order valence-corrected chi connectivity index (χ0v) is 14.3. The predicted octanol–water partition coefficient (Wildman–Crippen LogP) is 3.31. The molecule has 3 N–H and O–H groups in total. The van der Waals surface area contributed by atoms with Gasteiger partial charge in [-0.15, -0.1) is 0 Å². The highest BCUT2D eigenvalue weighted by molar-refractivity contribution is 5.74. The van der Waals surface area contributed by atoms with Gasteiger partial charge in [0.15, 0.2) is 5.96 Å². The Bertz CT molecular complexity index is 511. The Kier molecular flexibility index (Phi) is 5.21. The van der Waals surface area contributed by atoms with Crippen molar-refractivity contribution in [2.75, 3.05) is 26.2 Å². The third-order valence-corrected chi connectivity index (χ3v) is 5.70. The lowest BCUT2D eigenvalue weighted by Crippen LogP contribution is -2.51. The van der Waals surface area contributed by atoms with Gasteiger partial charge in [0.2, 0.25) is 0 Å². The molecular formula is C19H30N4. The van der Waals surface area contributed by atoms with Crippen LogP contribution in [-0.2, 0) is 0 Å². The molecule has 0 spiro atoms. The summed E-state index contributed by atoms with van der Waals surface area (Å²) in [5.41, 5.74) is 8.51. The predicted molar refractivity (Wildman–Crippen MR) is 95.7 cm³/mol. The van der Waals surface area contributed by atoms with Gasteiger partial charge in [0.25, 0.3) is 0 Å². The molecule has 4 nitrogen and oxygen atoms in total. The molecule has 0 bridgehead atoms. The van der Waals surface area contributed by atoms with Gasteiger partial charge in [0.1, 0.15) is 0 Å². The third-order valence-electron chi connectivity index (χ3n) is 5.70. The number of nitrogens with two attached hydrogens (primary N) is 1. The maximum Gasteiger partial charge on any atom is 0.188 e. The van der Waals surface area contributed by atoms with Gasteiger partial charge in [-0.05, 0) is 36.8 Å². The van der Waals surface area contributed by atoms with E-state index in [1.807, 2.05) is 4.90 Å². The molecule has 4 heteroatoms. The van der Waals surface area contributed by atoms with Crippen molar-refractivity contribution in [3.8, 4) is 0 Å². The van der Waals surface area contributed by atoms with E-state index in [4.69, 9.17) is 11.1 Å². The fourth-order valence-electron chi connectivity index (χ4n) is 4.04. The van der Waals surface area contributed by atoms with Crippen LogP contribution in [-0.4, -0.2) is 41.9 Å². The van der Waals surface area contributed by atoms with E-state index in [0.717, 1.165) is 32.1 Å². The summed E-state index contributed by atoms with van der Waals surface area (Å²) in [7, 11) is 0. The molecule has 1 aliphatic heterocycles. The van der Waals surface area contributed by atoms with Crippen LogP contribution in [0.15, 0.2) is 24.3 Å². The highest BCUT2D eigenvalue weighted by atomic mass is 15.3. The molecule has 1 aliphatic carbocycles. The molecule has 0 radical (unpaired) electrons. The number of nitrogens with one attached hydrogen (secondary N) is 1. The van der Waals surface area contributed by atoms with E-state index >= 15 is 0 Å². The van der Waals surface area contributed by atoms with Gasteiger partial charge in [0, 0.05) is 32.2 Å². The van der Waals surface area contributed by atoms with Crippen LogP contribution in [0.4, 0.5) is 0 Å². The second-order valence-corrected chi connectivity index (χ2v) is 7.09. The van der Waals surface area contributed by atoms with Crippen LogP contribution >= 0.6 is 0 Å². The Labute approximate surface area is 140 Å². The van der Waals surface area contributed by atoms with Crippen LogP contribution in [0.25, 0.3) is 0 Å². The molecular weight excluding hydrogens is 284 g/mol. The summed E-state index contributed by atoms with van der Waals surface area (Å²) >= 11 is 0. The van der Waals surface area contributed by atoms with Gasteiger partial charge in [-0.25, -0.2) is 0 Å². The summed E-state index contributed by atoms with van der Waals surface area (Å²) in [6, 6.07) is 9.80. The molecule has 126 valence electrons. The number of hydrogen-bond acceptors (Lipinski definition) is 2. The largest absolute Gasteiger partial charge is 0.370 e. The highest BCUT2D eigenvalue weighted by Gasteiger charge is 2.23. The molecule has 3 rings (SSSR count). The van der Waals surface area contributed by atoms with Gasteiger partial charge in [-0.2, -0.15) is 0 Å². The van der Waals surface area contributed by atoms with Crippen LogP contribution < -0.4 is 5.73 Å². The fourth-order valence-corrected chi connectivity index (χ4v) is 4.04. The molecule has 1 heterocycles. The van der Waals surface area contributed by atoms with E-state index in [1.54, 1.807) is 0 Å². The number of guanidine groups is 1. The van der Waals surface area contributed by atoms with Crippen molar-refractivity contribution in [1.82, 2.24) is 9.80 Å². The van der Waals surface area contributed by atoms with Crippen LogP contribution in [0.5, 0.6) is 0 Å². The minimum absolute atomic E-state index is 0.203. The first-order chi connectivity index (χ1) is 11.1. The Morgan fingerprint density at radius 3 is 2.22 bits per heavy atom. The minimum atomic E-state index is 0.203. The van der Waals surface area contributed by atoms with Crippen molar-refractivity contribution in [3.05, 3.63) is 35.4 Å². The van der Waals surface area contributed by atoms with Crippen molar-refractivity contribution in [2.45, 2.75) is 51.0 Å². The fraction of sp³-hybridized carbons (Fsp3) is 0.632. The van der Waals surface area contributed by atoms with E-state index in [9.17, 15) is 0 Å². The first-order valence-corrected chi connectivity index (χ1v) is 9.08.